The first kappa shape index (κ1) is 14.5. The third-order valence-corrected chi connectivity index (χ3v) is 2.90. The second kappa shape index (κ2) is 5.37. The zero-order valence-electron chi connectivity index (χ0n) is 11.1. The summed E-state index contributed by atoms with van der Waals surface area (Å²) in [5, 5.41) is 8.83. The molecule has 0 radical (unpaired) electrons. The SMILES string of the molecule is CC(C)(C)N(CC(=O)O)C(=O)CN1CCCC1=O. The molecule has 1 aliphatic rings. The molecule has 0 aromatic carbocycles. The zero-order chi connectivity index (χ0) is 13.9. The number of aliphatic carboxylic acids is 1. The van der Waals surface area contributed by atoms with Gasteiger partial charge < -0.3 is 14.9 Å². The maximum Gasteiger partial charge on any atom is 0.323 e. The van der Waals surface area contributed by atoms with E-state index in [1.54, 1.807) is 20.8 Å². The lowest BCUT2D eigenvalue weighted by Crippen LogP contribution is -2.51. The summed E-state index contributed by atoms with van der Waals surface area (Å²) in [4.78, 5) is 37.1. The van der Waals surface area contributed by atoms with Crippen LogP contribution in [0.3, 0.4) is 0 Å². The molecule has 0 aromatic heterocycles. The second-order valence-corrected chi connectivity index (χ2v) is 5.46. The highest BCUT2D eigenvalue weighted by Crippen LogP contribution is 2.15. The number of carboxylic acid groups (broad SMARTS) is 1. The van der Waals surface area contributed by atoms with Crippen molar-refractivity contribution >= 4 is 17.8 Å². The molecular weight excluding hydrogens is 236 g/mol. The first-order valence-electron chi connectivity index (χ1n) is 6.02. The predicted octanol–water partition coefficient (Wildman–Crippen LogP) is 0.320. The van der Waals surface area contributed by atoms with Gasteiger partial charge in [0.1, 0.15) is 6.54 Å². The molecule has 1 heterocycles. The van der Waals surface area contributed by atoms with Crippen LogP contribution in [0.1, 0.15) is 33.6 Å². The van der Waals surface area contributed by atoms with Crippen LogP contribution >= 0.6 is 0 Å². The van der Waals surface area contributed by atoms with E-state index >= 15 is 0 Å². The number of hydrogen-bond donors (Lipinski definition) is 1. The first-order valence-corrected chi connectivity index (χ1v) is 6.02. The Balaban J connectivity index is 2.70. The molecule has 1 saturated heterocycles. The van der Waals surface area contributed by atoms with Gasteiger partial charge in [-0.05, 0) is 27.2 Å². The van der Waals surface area contributed by atoms with Gasteiger partial charge in [-0.25, -0.2) is 0 Å². The van der Waals surface area contributed by atoms with Crippen molar-refractivity contribution in [2.45, 2.75) is 39.2 Å². The molecule has 6 heteroatoms. The molecule has 1 fully saturated rings. The average Bonchev–Trinajstić information content (AvgIpc) is 2.59. The van der Waals surface area contributed by atoms with Crippen molar-refractivity contribution in [1.82, 2.24) is 9.80 Å². The largest absolute Gasteiger partial charge is 0.480 e. The Hall–Kier alpha value is -1.59. The molecule has 18 heavy (non-hydrogen) atoms. The normalized spacial score (nSPS) is 15.9. The minimum Gasteiger partial charge on any atom is -0.480 e. The summed E-state index contributed by atoms with van der Waals surface area (Å²) in [6, 6.07) is 0. The average molecular weight is 256 g/mol. The van der Waals surface area contributed by atoms with Gasteiger partial charge in [0, 0.05) is 18.5 Å². The van der Waals surface area contributed by atoms with Gasteiger partial charge in [-0.3, -0.25) is 14.4 Å². The van der Waals surface area contributed by atoms with Crippen molar-refractivity contribution in [3.63, 3.8) is 0 Å². The highest BCUT2D eigenvalue weighted by atomic mass is 16.4. The zero-order valence-corrected chi connectivity index (χ0v) is 11.1. The van der Waals surface area contributed by atoms with Crippen molar-refractivity contribution in [3.8, 4) is 0 Å². The van der Waals surface area contributed by atoms with E-state index in [-0.39, 0.29) is 24.9 Å². The fourth-order valence-corrected chi connectivity index (χ4v) is 1.95. The third-order valence-electron chi connectivity index (χ3n) is 2.90. The van der Waals surface area contributed by atoms with Gasteiger partial charge in [0.25, 0.3) is 0 Å². The molecule has 1 aliphatic heterocycles. The fourth-order valence-electron chi connectivity index (χ4n) is 1.95. The summed E-state index contributed by atoms with van der Waals surface area (Å²) in [5.41, 5.74) is -0.571. The number of hydrogen-bond acceptors (Lipinski definition) is 3. The van der Waals surface area contributed by atoms with Crippen molar-refractivity contribution in [2.24, 2.45) is 0 Å². The predicted molar refractivity (Wildman–Crippen MR) is 64.9 cm³/mol. The van der Waals surface area contributed by atoms with Gasteiger partial charge in [0.2, 0.25) is 11.8 Å². The van der Waals surface area contributed by atoms with Crippen LogP contribution < -0.4 is 0 Å². The number of carbonyl (C=O) groups is 3. The van der Waals surface area contributed by atoms with Crippen LogP contribution in [0, 0.1) is 0 Å². The van der Waals surface area contributed by atoms with Crippen LogP contribution in [0.4, 0.5) is 0 Å². The van der Waals surface area contributed by atoms with Crippen molar-refractivity contribution in [3.05, 3.63) is 0 Å². The maximum atomic E-state index is 12.1. The summed E-state index contributed by atoms with van der Waals surface area (Å²) in [7, 11) is 0. The Morgan fingerprint density at radius 1 is 1.39 bits per heavy atom. The van der Waals surface area contributed by atoms with Crippen LogP contribution in [0.2, 0.25) is 0 Å². The number of carboxylic acids is 1. The summed E-state index contributed by atoms with van der Waals surface area (Å²) in [6.45, 7) is 5.54. The van der Waals surface area contributed by atoms with Crippen molar-refractivity contribution < 1.29 is 19.5 Å². The van der Waals surface area contributed by atoms with E-state index in [4.69, 9.17) is 5.11 Å². The van der Waals surface area contributed by atoms with Crippen LogP contribution in [-0.4, -0.2) is 57.9 Å². The lowest BCUT2D eigenvalue weighted by atomic mass is 10.1. The van der Waals surface area contributed by atoms with Crippen molar-refractivity contribution in [2.75, 3.05) is 19.6 Å². The Morgan fingerprint density at radius 3 is 2.39 bits per heavy atom. The lowest BCUT2D eigenvalue weighted by Gasteiger charge is -2.35. The van der Waals surface area contributed by atoms with E-state index in [2.05, 4.69) is 0 Å². The molecule has 0 unspecified atom stereocenters. The minimum atomic E-state index is -1.05. The molecule has 102 valence electrons. The smallest absolute Gasteiger partial charge is 0.323 e. The molecular formula is C12H20N2O4. The molecule has 1 rings (SSSR count). The minimum absolute atomic E-state index is 0.0244. The van der Waals surface area contributed by atoms with Crippen LogP contribution in [0.15, 0.2) is 0 Å². The highest BCUT2D eigenvalue weighted by molar-refractivity contribution is 5.88. The van der Waals surface area contributed by atoms with Crippen LogP contribution in [0.5, 0.6) is 0 Å². The van der Waals surface area contributed by atoms with E-state index in [0.29, 0.717) is 13.0 Å². The van der Waals surface area contributed by atoms with Gasteiger partial charge in [-0.15, -0.1) is 0 Å². The highest BCUT2D eigenvalue weighted by Gasteiger charge is 2.31. The quantitative estimate of drug-likeness (QED) is 0.785. The van der Waals surface area contributed by atoms with Crippen molar-refractivity contribution in [1.29, 1.82) is 0 Å². The van der Waals surface area contributed by atoms with E-state index in [9.17, 15) is 14.4 Å². The summed E-state index contributed by atoms with van der Waals surface area (Å²) < 4.78 is 0. The van der Waals surface area contributed by atoms with E-state index in [1.165, 1.54) is 9.80 Å². The summed E-state index contributed by atoms with van der Waals surface area (Å²) in [5.74, 6) is -1.40. The Labute approximate surface area is 107 Å². The summed E-state index contributed by atoms with van der Waals surface area (Å²) >= 11 is 0. The number of rotatable bonds is 4. The molecule has 0 aromatic rings. The lowest BCUT2D eigenvalue weighted by molar-refractivity contribution is -0.149. The second-order valence-electron chi connectivity index (χ2n) is 5.46. The van der Waals surface area contributed by atoms with Gasteiger partial charge >= 0.3 is 5.97 Å². The third kappa shape index (κ3) is 3.72. The molecule has 0 bridgehead atoms. The van der Waals surface area contributed by atoms with E-state index in [1.807, 2.05) is 0 Å². The Morgan fingerprint density at radius 2 is 2.00 bits per heavy atom. The van der Waals surface area contributed by atoms with Gasteiger partial charge in [0.15, 0.2) is 0 Å². The molecule has 6 nitrogen and oxygen atoms in total. The van der Waals surface area contributed by atoms with Crippen LogP contribution in [-0.2, 0) is 14.4 Å². The van der Waals surface area contributed by atoms with Crippen LogP contribution in [0.25, 0.3) is 0 Å². The maximum absolute atomic E-state index is 12.1. The first-order chi connectivity index (χ1) is 8.21. The molecule has 2 amide bonds. The molecule has 1 N–H and O–H groups in total. The number of carbonyl (C=O) groups excluding carboxylic acids is 2. The number of likely N-dealkylation sites (tertiary alicyclic amines) is 1. The number of nitrogens with zero attached hydrogens (tertiary/aromatic N) is 2. The standard InChI is InChI=1S/C12H20N2O4/c1-12(2,3)14(8-11(17)18)10(16)7-13-6-4-5-9(13)15/h4-8H2,1-3H3,(H,17,18). The molecule has 0 spiro atoms. The topological polar surface area (TPSA) is 77.9 Å². The molecule has 0 aliphatic carbocycles. The summed E-state index contributed by atoms with van der Waals surface area (Å²) in [6.07, 6.45) is 1.24. The molecule has 0 saturated carbocycles. The number of amides is 2. The van der Waals surface area contributed by atoms with Gasteiger partial charge in [-0.2, -0.15) is 0 Å². The Kier molecular flexibility index (Phi) is 4.32. The fraction of sp³-hybridized carbons (Fsp3) is 0.750. The monoisotopic (exact) mass is 256 g/mol. The Bertz CT molecular complexity index is 360. The van der Waals surface area contributed by atoms with E-state index < -0.39 is 11.5 Å². The van der Waals surface area contributed by atoms with Gasteiger partial charge in [0.05, 0.1) is 6.54 Å². The van der Waals surface area contributed by atoms with Gasteiger partial charge in [-0.1, -0.05) is 0 Å². The van der Waals surface area contributed by atoms with E-state index in [0.717, 1.165) is 6.42 Å². The molecule has 0 atom stereocenters.